The Labute approximate surface area is 111 Å². The zero-order chi connectivity index (χ0) is 13.4. The predicted molar refractivity (Wildman–Crippen MR) is 76.4 cm³/mol. The number of sulfone groups is 1. The van der Waals surface area contributed by atoms with Crippen LogP contribution in [0.3, 0.4) is 0 Å². The summed E-state index contributed by atoms with van der Waals surface area (Å²) in [6, 6.07) is 10.6. The molecule has 1 rings (SSSR count). The van der Waals surface area contributed by atoms with Gasteiger partial charge in [0.1, 0.15) is 9.84 Å². The van der Waals surface area contributed by atoms with Gasteiger partial charge in [0.15, 0.2) is 0 Å². The number of hydrogen-bond donors (Lipinski definition) is 1. The molecule has 0 aromatic heterocycles. The van der Waals surface area contributed by atoms with Crippen molar-refractivity contribution in [3.63, 3.8) is 0 Å². The molecule has 1 unspecified atom stereocenters. The minimum Gasteiger partial charge on any atom is -0.313 e. The normalized spacial score (nSPS) is 13.4. The maximum absolute atomic E-state index is 11.4. The summed E-state index contributed by atoms with van der Waals surface area (Å²) in [6.07, 6.45) is 2.65. The Kier molecular flexibility index (Phi) is 6.36. The molecule has 0 spiro atoms. The van der Waals surface area contributed by atoms with Gasteiger partial charge in [0.05, 0.1) is 5.75 Å². The van der Waals surface area contributed by atoms with Crippen LogP contribution in [-0.2, 0) is 9.84 Å². The topological polar surface area (TPSA) is 46.2 Å². The molecule has 102 valence electrons. The van der Waals surface area contributed by atoms with Crippen LogP contribution in [-0.4, -0.2) is 27.0 Å². The first-order valence-electron chi connectivity index (χ1n) is 6.51. The van der Waals surface area contributed by atoms with Gasteiger partial charge < -0.3 is 5.32 Å². The average Bonchev–Trinajstić information content (AvgIpc) is 2.40. The SMILES string of the molecule is CCS(=O)(=O)CCCCC(NC)c1ccccc1. The highest BCUT2D eigenvalue weighted by atomic mass is 32.2. The number of hydrogen-bond acceptors (Lipinski definition) is 3. The fraction of sp³-hybridized carbons (Fsp3) is 0.571. The van der Waals surface area contributed by atoms with Gasteiger partial charge in [-0.1, -0.05) is 43.7 Å². The van der Waals surface area contributed by atoms with Gasteiger partial charge in [-0.25, -0.2) is 8.42 Å². The second kappa shape index (κ2) is 7.54. The molecule has 0 radical (unpaired) electrons. The minimum absolute atomic E-state index is 0.251. The van der Waals surface area contributed by atoms with Crippen molar-refractivity contribution < 1.29 is 8.42 Å². The Morgan fingerprint density at radius 3 is 2.39 bits per heavy atom. The molecule has 0 aliphatic heterocycles. The van der Waals surface area contributed by atoms with Crippen molar-refractivity contribution >= 4 is 9.84 Å². The number of nitrogens with one attached hydrogen (secondary N) is 1. The summed E-state index contributed by atoms with van der Waals surface area (Å²) in [4.78, 5) is 0. The summed E-state index contributed by atoms with van der Waals surface area (Å²) in [6.45, 7) is 1.70. The van der Waals surface area contributed by atoms with Crippen molar-refractivity contribution in [2.24, 2.45) is 0 Å². The van der Waals surface area contributed by atoms with Gasteiger partial charge >= 0.3 is 0 Å². The largest absolute Gasteiger partial charge is 0.313 e. The third kappa shape index (κ3) is 5.19. The Morgan fingerprint density at radius 1 is 1.17 bits per heavy atom. The molecule has 0 bridgehead atoms. The zero-order valence-corrected chi connectivity index (χ0v) is 12.0. The molecule has 1 N–H and O–H groups in total. The number of benzene rings is 1. The molecule has 0 heterocycles. The van der Waals surface area contributed by atoms with E-state index in [9.17, 15) is 8.42 Å². The van der Waals surface area contributed by atoms with E-state index in [1.165, 1.54) is 5.56 Å². The Hall–Kier alpha value is -0.870. The van der Waals surface area contributed by atoms with Crippen LogP contribution in [0.1, 0.15) is 37.8 Å². The third-order valence-electron chi connectivity index (χ3n) is 3.19. The van der Waals surface area contributed by atoms with Crippen LogP contribution in [0.5, 0.6) is 0 Å². The second-order valence-electron chi connectivity index (χ2n) is 4.48. The summed E-state index contributed by atoms with van der Waals surface area (Å²) in [5.74, 6) is 0.565. The van der Waals surface area contributed by atoms with Crippen molar-refractivity contribution in [3.8, 4) is 0 Å². The van der Waals surface area contributed by atoms with Crippen LogP contribution in [0.4, 0.5) is 0 Å². The fourth-order valence-electron chi connectivity index (χ4n) is 1.98. The zero-order valence-electron chi connectivity index (χ0n) is 11.2. The lowest BCUT2D eigenvalue weighted by atomic mass is 10.0. The van der Waals surface area contributed by atoms with Crippen LogP contribution in [0, 0.1) is 0 Å². The maximum Gasteiger partial charge on any atom is 0.150 e. The molecule has 0 aliphatic rings. The van der Waals surface area contributed by atoms with Crippen LogP contribution < -0.4 is 5.32 Å². The van der Waals surface area contributed by atoms with E-state index < -0.39 is 9.84 Å². The average molecular weight is 269 g/mol. The highest BCUT2D eigenvalue weighted by Crippen LogP contribution is 2.18. The molecule has 0 saturated carbocycles. The summed E-state index contributed by atoms with van der Waals surface area (Å²) in [5.41, 5.74) is 1.26. The van der Waals surface area contributed by atoms with Gasteiger partial charge in [-0.05, 0) is 25.5 Å². The first-order chi connectivity index (χ1) is 8.59. The van der Waals surface area contributed by atoms with Crippen LogP contribution in [0.25, 0.3) is 0 Å². The molecule has 1 aromatic carbocycles. The monoisotopic (exact) mass is 269 g/mol. The Balaban J connectivity index is 2.38. The Bertz CT molecular complexity index is 428. The second-order valence-corrected chi connectivity index (χ2v) is 6.96. The summed E-state index contributed by atoms with van der Waals surface area (Å²) < 4.78 is 22.7. The van der Waals surface area contributed by atoms with Gasteiger partial charge in [0, 0.05) is 11.8 Å². The molecular formula is C14H23NO2S. The molecule has 1 aromatic rings. The molecule has 0 saturated heterocycles. The third-order valence-corrected chi connectivity index (χ3v) is 4.98. The van der Waals surface area contributed by atoms with Crippen LogP contribution in [0.15, 0.2) is 30.3 Å². The van der Waals surface area contributed by atoms with Crippen molar-refractivity contribution in [1.82, 2.24) is 5.32 Å². The van der Waals surface area contributed by atoms with Gasteiger partial charge in [0.25, 0.3) is 0 Å². The van der Waals surface area contributed by atoms with E-state index in [0.717, 1.165) is 19.3 Å². The molecule has 3 nitrogen and oxygen atoms in total. The summed E-state index contributed by atoms with van der Waals surface area (Å²) >= 11 is 0. The van der Waals surface area contributed by atoms with Gasteiger partial charge in [-0.15, -0.1) is 0 Å². The molecule has 0 aliphatic carbocycles. The van der Waals surface area contributed by atoms with E-state index in [2.05, 4.69) is 17.4 Å². The standard InChI is InChI=1S/C14H23NO2S/c1-3-18(16,17)12-8-7-11-14(15-2)13-9-5-4-6-10-13/h4-6,9-10,14-15H,3,7-8,11-12H2,1-2H3. The lowest BCUT2D eigenvalue weighted by Gasteiger charge is -2.16. The molecular weight excluding hydrogens is 246 g/mol. The van der Waals surface area contributed by atoms with Gasteiger partial charge in [-0.2, -0.15) is 0 Å². The van der Waals surface area contributed by atoms with Crippen molar-refractivity contribution in [3.05, 3.63) is 35.9 Å². The lowest BCUT2D eigenvalue weighted by Crippen LogP contribution is -2.16. The molecule has 18 heavy (non-hydrogen) atoms. The lowest BCUT2D eigenvalue weighted by molar-refractivity contribution is 0.520. The first kappa shape index (κ1) is 15.2. The predicted octanol–water partition coefficient (Wildman–Crippen LogP) is 2.55. The number of unbranched alkanes of at least 4 members (excludes halogenated alkanes) is 1. The molecule has 0 fully saturated rings. The van der Waals surface area contributed by atoms with E-state index in [4.69, 9.17) is 0 Å². The quantitative estimate of drug-likeness (QED) is 0.738. The first-order valence-corrected chi connectivity index (χ1v) is 8.34. The van der Waals surface area contributed by atoms with Crippen LogP contribution >= 0.6 is 0 Å². The maximum atomic E-state index is 11.4. The Morgan fingerprint density at radius 2 is 1.83 bits per heavy atom. The molecule has 1 atom stereocenters. The highest BCUT2D eigenvalue weighted by molar-refractivity contribution is 7.91. The van der Waals surface area contributed by atoms with Crippen molar-refractivity contribution in [2.45, 2.75) is 32.2 Å². The fourth-order valence-corrected chi connectivity index (χ4v) is 2.91. The van der Waals surface area contributed by atoms with E-state index >= 15 is 0 Å². The van der Waals surface area contributed by atoms with Crippen molar-refractivity contribution in [2.75, 3.05) is 18.6 Å². The van der Waals surface area contributed by atoms with Gasteiger partial charge in [0.2, 0.25) is 0 Å². The summed E-state index contributed by atoms with van der Waals surface area (Å²) in [5, 5.41) is 3.28. The highest BCUT2D eigenvalue weighted by Gasteiger charge is 2.10. The smallest absolute Gasteiger partial charge is 0.150 e. The number of rotatable bonds is 8. The van der Waals surface area contributed by atoms with E-state index in [1.807, 2.05) is 25.2 Å². The van der Waals surface area contributed by atoms with Gasteiger partial charge in [-0.3, -0.25) is 0 Å². The van der Waals surface area contributed by atoms with Crippen LogP contribution in [0.2, 0.25) is 0 Å². The van der Waals surface area contributed by atoms with Crippen molar-refractivity contribution in [1.29, 1.82) is 0 Å². The van der Waals surface area contributed by atoms with E-state index in [1.54, 1.807) is 6.92 Å². The molecule has 0 amide bonds. The minimum atomic E-state index is -2.81. The molecule has 4 heteroatoms. The van der Waals surface area contributed by atoms with E-state index in [-0.39, 0.29) is 5.75 Å². The summed E-state index contributed by atoms with van der Waals surface area (Å²) in [7, 11) is -0.864. The van der Waals surface area contributed by atoms with E-state index in [0.29, 0.717) is 11.8 Å².